The van der Waals surface area contributed by atoms with Gasteiger partial charge in [0.25, 0.3) is 0 Å². The van der Waals surface area contributed by atoms with Crippen molar-refractivity contribution in [2.45, 2.75) is 6.54 Å². The molecule has 0 fully saturated rings. The molecule has 0 bridgehead atoms. The second-order valence-corrected chi connectivity index (χ2v) is 3.70. The van der Waals surface area contributed by atoms with Gasteiger partial charge in [-0.3, -0.25) is 0 Å². The van der Waals surface area contributed by atoms with E-state index in [2.05, 4.69) is 12.6 Å². The molecule has 0 atom stereocenters. The zero-order valence-electron chi connectivity index (χ0n) is 9.05. The Kier molecular flexibility index (Phi) is 2.67. The minimum atomic E-state index is -1.01. The number of rotatable bonds is 3. The zero-order chi connectivity index (χ0) is 12.4. The van der Waals surface area contributed by atoms with Gasteiger partial charge < -0.3 is 9.67 Å². The monoisotopic (exact) mass is 226 g/mol. The van der Waals surface area contributed by atoms with Gasteiger partial charge in [0.15, 0.2) is 0 Å². The molecular weight excluding hydrogens is 216 g/mol. The van der Waals surface area contributed by atoms with Crippen molar-refractivity contribution in [2.24, 2.45) is 0 Å². The molecule has 1 aromatic carbocycles. The van der Waals surface area contributed by atoms with Crippen molar-refractivity contribution in [1.29, 1.82) is 5.26 Å². The van der Waals surface area contributed by atoms with Gasteiger partial charge in [-0.1, -0.05) is 12.6 Å². The van der Waals surface area contributed by atoms with E-state index in [1.165, 1.54) is 0 Å². The average Bonchev–Trinajstić information content (AvgIpc) is 2.72. The van der Waals surface area contributed by atoms with Gasteiger partial charge in [0, 0.05) is 22.7 Å². The third kappa shape index (κ3) is 1.91. The molecule has 0 saturated heterocycles. The number of nitrogens with zero attached hydrogens (tertiary/aromatic N) is 2. The molecule has 17 heavy (non-hydrogen) atoms. The highest BCUT2D eigenvalue weighted by Crippen LogP contribution is 2.20. The Morgan fingerprint density at radius 3 is 2.88 bits per heavy atom. The summed E-state index contributed by atoms with van der Waals surface area (Å²) in [6.07, 6.45) is 1.76. The molecule has 4 nitrogen and oxygen atoms in total. The van der Waals surface area contributed by atoms with Gasteiger partial charge in [0.05, 0.1) is 18.2 Å². The summed E-state index contributed by atoms with van der Waals surface area (Å²) in [7, 11) is 0. The van der Waals surface area contributed by atoms with E-state index in [1.54, 1.807) is 22.9 Å². The number of nitriles is 1. The Labute approximate surface area is 98.0 Å². The normalized spacial score (nSPS) is 10.1. The van der Waals surface area contributed by atoms with Crippen LogP contribution in [-0.4, -0.2) is 15.6 Å². The average molecular weight is 226 g/mol. The SMILES string of the molecule is C=C(Cn1ccc2c(C#N)cccc21)C(=O)O. The second-order valence-electron chi connectivity index (χ2n) is 3.70. The maximum absolute atomic E-state index is 10.7. The highest BCUT2D eigenvalue weighted by molar-refractivity contribution is 5.88. The lowest BCUT2D eigenvalue weighted by molar-refractivity contribution is -0.132. The number of carboxylic acids is 1. The van der Waals surface area contributed by atoms with E-state index >= 15 is 0 Å². The van der Waals surface area contributed by atoms with Crippen LogP contribution in [0, 0.1) is 11.3 Å². The van der Waals surface area contributed by atoms with Crippen molar-refractivity contribution in [3.63, 3.8) is 0 Å². The summed E-state index contributed by atoms with van der Waals surface area (Å²) in [5, 5.41) is 18.6. The molecule has 2 aromatic rings. The molecule has 0 amide bonds. The zero-order valence-corrected chi connectivity index (χ0v) is 9.05. The predicted molar refractivity (Wildman–Crippen MR) is 63.4 cm³/mol. The topological polar surface area (TPSA) is 66.0 Å². The second kappa shape index (κ2) is 4.14. The Hall–Kier alpha value is -2.54. The lowest BCUT2D eigenvalue weighted by Crippen LogP contribution is -2.07. The summed E-state index contributed by atoms with van der Waals surface area (Å²) in [6.45, 7) is 3.71. The van der Waals surface area contributed by atoms with Crippen LogP contribution in [0.2, 0.25) is 0 Å². The molecule has 0 aliphatic rings. The van der Waals surface area contributed by atoms with Gasteiger partial charge in [-0.25, -0.2) is 4.79 Å². The quantitative estimate of drug-likeness (QED) is 0.815. The summed E-state index contributed by atoms with van der Waals surface area (Å²) in [6, 6.07) is 9.28. The summed E-state index contributed by atoms with van der Waals surface area (Å²) in [4.78, 5) is 10.7. The molecule has 84 valence electrons. The van der Waals surface area contributed by atoms with Crippen LogP contribution in [0.3, 0.4) is 0 Å². The van der Waals surface area contributed by atoms with E-state index in [1.807, 2.05) is 12.1 Å². The fourth-order valence-electron chi connectivity index (χ4n) is 1.73. The lowest BCUT2D eigenvalue weighted by Gasteiger charge is -2.05. The van der Waals surface area contributed by atoms with Crippen molar-refractivity contribution < 1.29 is 9.90 Å². The standard InChI is InChI=1S/C13H10N2O2/c1-9(13(16)17)8-15-6-5-11-10(7-14)3-2-4-12(11)15/h2-6H,1,8H2,(H,16,17). The summed E-state index contributed by atoms with van der Waals surface area (Å²) < 4.78 is 1.77. The number of fused-ring (bicyclic) bond motifs is 1. The number of aliphatic carboxylic acids is 1. The third-order valence-electron chi connectivity index (χ3n) is 2.60. The lowest BCUT2D eigenvalue weighted by atomic mass is 10.1. The van der Waals surface area contributed by atoms with E-state index in [9.17, 15) is 4.79 Å². The fraction of sp³-hybridized carbons (Fsp3) is 0.0769. The molecule has 2 rings (SSSR count). The third-order valence-corrected chi connectivity index (χ3v) is 2.60. The molecule has 1 N–H and O–H groups in total. The largest absolute Gasteiger partial charge is 0.478 e. The molecule has 0 unspecified atom stereocenters. The van der Waals surface area contributed by atoms with Crippen LogP contribution < -0.4 is 0 Å². The smallest absolute Gasteiger partial charge is 0.332 e. The van der Waals surface area contributed by atoms with Gasteiger partial charge in [-0.15, -0.1) is 0 Å². The van der Waals surface area contributed by atoms with E-state index in [0.29, 0.717) is 5.56 Å². The number of hydrogen-bond donors (Lipinski definition) is 1. The fourth-order valence-corrected chi connectivity index (χ4v) is 1.73. The molecule has 0 spiro atoms. The molecule has 4 heteroatoms. The van der Waals surface area contributed by atoms with E-state index in [0.717, 1.165) is 10.9 Å². The van der Waals surface area contributed by atoms with Gasteiger partial charge in [-0.05, 0) is 18.2 Å². The van der Waals surface area contributed by atoms with Gasteiger partial charge >= 0.3 is 5.97 Å². The molecule has 1 aromatic heterocycles. The highest BCUT2D eigenvalue weighted by Gasteiger charge is 2.08. The maximum Gasteiger partial charge on any atom is 0.332 e. The Morgan fingerprint density at radius 1 is 1.47 bits per heavy atom. The van der Waals surface area contributed by atoms with Crippen molar-refractivity contribution in [1.82, 2.24) is 4.57 Å². The molecule has 0 aliphatic heterocycles. The minimum Gasteiger partial charge on any atom is -0.478 e. The van der Waals surface area contributed by atoms with Crippen LogP contribution >= 0.6 is 0 Å². The van der Waals surface area contributed by atoms with E-state index in [-0.39, 0.29) is 12.1 Å². The van der Waals surface area contributed by atoms with Crippen molar-refractivity contribution in [3.05, 3.63) is 48.2 Å². The van der Waals surface area contributed by atoms with Gasteiger partial charge in [0.2, 0.25) is 0 Å². The summed E-state index contributed by atoms with van der Waals surface area (Å²) >= 11 is 0. The maximum atomic E-state index is 10.7. The first-order valence-electron chi connectivity index (χ1n) is 5.02. The van der Waals surface area contributed by atoms with Crippen LogP contribution in [0.5, 0.6) is 0 Å². The Balaban J connectivity index is 2.48. The van der Waals surface area contributed by atoms with E-state index < -0.39 is 5.97 Å². The predicted octanol–water partition coefficient (Wildman–Crippen LogP) is 2.15. The number of carbonyl (C=O) groups is 1. The molecule has 0 saturated carbocycles. The van der Waals surface area contributed by atoms with Crippen LogP contribution in [0.1, 0.15) is 5.56 Å². The minimum absolute atomic E-state index is 0.116. The summed E-state index contributed by atoms with van der Waals surface area (Å²) in [5.41, 5.74) is 1.54. The van der Waals surface area contributed by atoms with E-state index in [4.69, 9.17) is 10.4 Å². The molecule has 0 aliphatic carbocycles. The summed E-state index contributed by atoms with van der Waals surface area (Å²) in [5.74, 6) is -1.01. The highest BCUT2D eigenvalue weighted by atomic mass is 16.4. The number of benzene rings is 1. The number of hydrogen-bond acceptors (Lipinski definition) is 2. The molecule has 1 heterocycles. The number of carboxylic acid groups (broad SMARTS) is 1. The molecule has 0 radical (unpaired) electrons. The van der Waals surface area contributed by atoms with Gasteiger partial charge in [-0.2, -0.15) is 5.26 Å². The van der Waals surface area contributed by atoms with Gasteiger partial charge in [0.1, 0.15) is 0 Å². The Bertz CT molecular complexity index is 647. The Morgan fingerprint density at radius 2 is 2.24 bits per heavy atom. The van der Waals surface area contributed by atoms with Crippen molar-refractivity contribution in [3.8, 4) is 6.07 Å². The first kappa shape index (κ1) is 11.0. The van der Waals surface area contributed by atoms with Crippen molar-refractivity contribution >= 4 is 16.9 Å². The molecular formula is C13H10N2O2. The van der Waals surface area contributed by atoms with Crippen molar-refractivity contribution in [2.75, 3.05) is 0 Å². The van der Waals surface area contributed by atoms with Crippen LogP contribution in [-0.2, 0) is 11.3 Å². The van der Waals surface area contributed by atoms with Crippen LogP contribution in [0.15, 0.2) is 42.6 Å². The van der Waals surface area contributed by atoms with Crippen LogP contribution in [0.25, 0.3) is 10.9 Å². The first-order chi connectivity index (χ1) is 8.13. The van der Waals surface area contributed by atoms with Crippen LogP contribution in [0.4, 0.5) is 0 Å². The number of aromatic nitrogens is 1. The first-order valence-corrected chi connectivity index (χ1v) is 5.02.